The van der Waals surface area contributed by atoms with Crippen LogP contribution in [0.5, 0.6) is 0 Å². The van der Waals surface area contributed by atoms with Gasteiger partial charge in [0.05, 0.1) is 0 Å². The van der Waals surface area contributed by atoms with Crippen LogP contribution >= 0.6 is 15.9 Å². The van der Waals surface area contributed by atoms with Crippen molar-refractivity contribution in [2.75, 3.05) is 11.9 Å². The third-order valence-electron chi connectivity index (χ3n) is 2.42. The second-order valence-corrected chi connectivity index (χ2v) is 6.21. The summed E-state index contributed by atoms with van der Waals surface area (Å²) >= 11 is 3.30. The predicted octanol–water partition coefficient (Wildman–Crippen LogP) is 1.66. The second kappa shape index (κ2) is 6.51. The van der Waals surface area contributed by atoms with Gasteiger partial charge in [0.1, 0.15) is 5.82 Å². The van der Waals surface area contributed by atoms with Gasteiger partial charge in [0.2, 0.25) is 0 Å². The number of alkyl halides is 1. The minimum Gasteiger partial charge on any atom is -0.334 e. The molecular weight excluding hydrogens is 306 g/mol. The van der Waals surface area contributed by atoms with Crippen molar-refractivity contribution in [3.63, 3.8) is 0 Å². The lowest BCUT2D eigenvalue weighted by molar-refractivity contribution is 0.575. The van der Waals surface area contributed by atoms with Crippen molar-refractivity contribution < 1.29 is 8.42 Å². The molecule has 1 aromatic heterocycles. The Hall–Kier alpha value is -0.400. The van der Waals surface area contributed by atoms with E-state index in [0.717, 1.165) is 24.7 Å². The molecule has 1 N–H and O–H groups in total. The quantitative estimate of drug-likeness (QED) is 0.613. The van der Waals surface area contributed by atoms with Gasteiger partial charge in [-0.2, -0.15) is 0 Å². The van der Waals surface area contributed by atoms with Gasteiger partial charge in [0.25, 0.3) is 10.0 Å². The molecule has 0 aliphatic heterocycles. The lowest BCUT2D eigenvalue weighted by atomic mass is 10.3. The molecule has 0 atom stereocenters. The molecule has 0 aliphatic carbocycles. The monoisotopic (exact) mass is 323 g/mol. The van der Waals surface area contributed by atoms with Gasteiger partial charge in [0.15, 0.2) is 5.03 Å². The Morgan fingerprint density at radius 2 is 2.18 bits per heavy atom. The highest BCUT2D eigenvalue weighted by Gasteiger charge is 2.17. The average Bonchev–Trinajstić information content (AvgIpc) is 2.67. The number of halogens is 1. The van der Waals surface area contributed by atoms with Crippen molar-refractivity contribution in [1.82, 2.24) is 14.3 Å². The lowest BCUT2D eigenvalue weighted by Crippen LogP contribution is -2.25. The van der Waals surface area contributed by atoms with E-state index in [4.69, 9.17) is 0 Å². The molecular formula is C10H18BrN3O2S. The number of nitrogens with zero attached hydrogens (tertiary/aromatic N) is 2. The number of rotatable bonds is 7. The molecule has 0 saturated carbocycles. The van der Waals surface area contributed by atoms with E-state index in [0.29, 0.717) is 12.4 Å². The van der Waals surface area contributed by atoms with E-state index >= 15 is 0 Å². The topological polar surface area (TPSA) is 64.0 Å². The van der Waals surface area contributed by atoms with E-state index in [1.807, 2.05) is 11.5 Å². The fraction of sp³-hybridized carbons (Fsp3) is 0.700. The van der Waals surface area contributed by atoms with Crippen molar-refractivity contribution in [1.29, 1.82) is 0 Å². The summed E-state index contributed by atoms with van der Waals surface area (Å²) < 4.78 is 28.1. The number of sulfonamides is 1. The normalized spacial score (nSPS) is 11.9. The largest absolute Gasteiger partial charge is 0.334 e. The molecule has 1 rings (SSSR count). The molecule has 1 aromatic rings. The highest BCUT2D eigenvalue weighted by Crippen LogP contribution is 2.08. The molecule has 0 unspecified atom stereocenters. The third kappa shape index (κ3) is 4.08. The SMILES string of the molecule is CCn1cc(S(=O)(=O)NCCCCBr)nc1C. The summed E-state index contributed by atoms with van der Waals surface area (Å²) in [4.78, 5) is 4.06. The van der Waals surface area contributed by atoms with Gasteiger partial charge < -0.3 is 4.57 Å². The minimum absolute atomic E-state index is 0.107. The molecule has 17 heavy (non-hydrogen) atoms. The van der Waals surface area contributed by atoms with E-state index in [9.17, 15) is 8.42 Å². The van der Waals surface area contributed by atoms with Gasteiger partial charge in [-0.15, -0.1) is 0 Å². The molecule has 5 nitrogen and oxygen atoms in total. The number of aromatic nitrogens is 2. The third-order valence-corrected chi connectivity index (χ3v) is 4.31. The van der Waals surface area contributed by atoms with Crippen LogP contribution in [0.25, 0.3) is 0 Å². The van der Waals surface area contributed by atoms with E-state index in [1.165, 1.54) is 0 Å². The summed E-state index contributed by atoms with van der Waals surface area (Å²) in [6.45, 7) is 4.92. The van der Waals surface area contributed by atoms with Crippen molar-refractivity contribution in [3.05, 3.63) is 12.0 Å². The van der Waals surface area contributed by atoms with Crippen LogP contribution in [-0.2, 0) is 16.6 Å². The Balaban J connectivity index is 2.69. The maximum Gasteiger partial charge on any atom is 0.259 e. The van der Waals surface area contributed by atoms with E-state index < -0.39 is 10.0 Å². The Morgan fingerprint density at radius 1 is 1.47 bits per heavy atom. The standard InChI is InChI=1S/C10H18BrN3O2S/c1-3-14-8-10(13-9(14)2)17(15,16)12-7-5-4-6-11/h8,12H,3-7H2,1-2H3. The van der Waals surface area contributed by atoms with Gasteiger partial charge in [-0.25, -0.2) is 18.1 Å². The van der Waals surface area contributed by atoms with Gasteiger partial charge in [-0.05, 0) is 26.7 Å². The van der Waals surface area contributed by atoms with Crippen LogP contribution in [0.1, 0.15) is 25.6 Å². The van der Waals surface area contributed by atoms with Crippen LogP contribution in [0.2, 0.25) is 0 Å². The Bertz CT molecular complexity index is 456. The minimum atomic E-state index is -3.45. The molecule has 1 heterocycles. The molecule has 98 valence electrons. The zero-order valence-electron chi connectivity index (χ0n) is 10.1. The fourth-order valence-electron chi connectivity index (χ4n) is 1.43. The number of hydrogen-bond acceptors (Lipinski definition) is 3. The first-order valence-electron chi connectivity index (χ1n) is 5.60. The van der Waals surface area contributed by atoms with Crippen LogP contribution < -0.4 is 4.72 Å². The summed E-state index contributed by atoms with van der Waals surface area (Å²) in [7, 11) is -3.45. The van der Waals surface area contributed by atoms with Crippen LogP contribution in [0.4, 0.5) is 0 Å². The maximum atomic E-state index is 11.9. The van der Waals surface area contributed by atoms with Gasteiger partial charge in [0, 0.05) is 24.6 Å². The molecule has 0 spiro atoms. The first kappa shape index (κ1) is 14.7. The molecule has 0 fully saturated rings. The average molecular weight is 324 g/mol. The number of imidazole rings is 1. The fourth-order valence-corrected chi connectivity index (χ4v) is 2.90. The molecule has 0 saturated heterocycles. The van der Waals surface area contributed by atoms with E-state index in [2.05, 4.69) is 25.6 Å². The zero-order chi connectivity index (χ0) is 12.9. The summed E-state index contributed by atoms with van der Waals surface area (Å²) in [5.41, 5.74) is 0. The number of hydrogen-bond donors (Lipinski definition) is 1. The van der Waals surface area contributed by atoms with Crippen molar-refractivity contribution in [2.24, 2.45) is 0 Å². The summed E-state index contributed by atoms with van der Waals surface area (Å²) in [6, 6.07) is 0. The predicted molar refractivity (Wildman–Crippen MR) is 70.9 cm³/mol. The molecule has 0 aromatic carbocycles. The highest BCUT2D eigenvalue weighted by atomic mass is 79.9. The van der Waals surface area contributed by atoms with Crippen molar-refractivity contribution >= 4 is 26.0 Å². The highest BCUT2D eigenvalue weighted by molar-refractivity contribution is 9.09. The Kier molecular flexibility index (Phi) is 5.61. The molecule has 0 amide bonds. The van der Waals surface area contributed by atoms with Crippen LogP contribution in [0.15, 0.2) is 11.2 Å². The number of nitrogens with one attached hydrogen (secondary N) is 1. The Labute approximate surface area is 111 Å². The number of aryl methyl sites for hydroxylation is 2. The molecule has 0 aliphatic rings. The van der Waals surface area contributed by atoms with Crippen molar-refractivity contribution in [3.8, 4) is 0 Å². The Morgan fingerprint density at radius 3 is 2.71 bits per heavy atom. The number of unbranched alkanes of at least 4 members (excludes halogenated alkanes) is 1. The zero-order valence-corrected chi connectivity index (χ0v) is 12.5. The van der Waals surface area contributed by atoms with Gasteiger partial charge >= 0.3 is 0 Å². The van der Waals surface area contributed by atoms with Crippen molar-refractivity contribution in [2.45, 2.75) is 38.3 Å². The first-order chi connectivity index (χ1) is 8.01. The lowest BCUT2D eigenvalue weighted by Gasteiger charge is -2.02. The van der Waals surface area contributed by atoms with Gasteiger partial charge in [-0.3, -0.25) is 0 Å². The first-order valence-corrected chi connectivity index (χ1v) is 8.21. The van der Waals surface area contributed by atoms with Gasteiger partial charge in [-0.1, -0.05) is 15.9 Å². The molecule has 0 radical (unpaired) electrons. The summed E-state index contributed by atoms with van der Waals surface area (Å²) in [5.74, 6) is 0.716. The second-order valence-electron chi connectivity index (χ2n) is 3.71. The molecule has 7 heteroatoms. The van der Waals surface area contributed by atoms with Crippen LogP contribution in [-0.4, -0.2) is 29.8 Å². The van der Waals surface area contributed by atoms with Crippen LogP contribution in [0, 0.1) is 6.92 Å². The maximum absolute atomic E-state index is 11.9. The van der Waals surface area contributed by atoms with E-state index in [-0.39, 0.29) is 5.03 Å². The molecule has 0 bridgehead atoms. The van der Waals surface area contributed by atoms with Crippen LogP contribution in [0.3, 0.4) is 0 Å². The van der Waals surface area contributed by atoms with E-state index in [1.54, 1.807) is 13.1 Å². The summed E-state index contributed by atoms with van der Waals surface area (Å²) in [6.07, 6.45) is 3.34. The smallest absolute Gasteiger partial charge is 0.259 e. The summed E-state index contributed by atoms with van der Waals surface area (Å²) in [5, 5.41) is 0.994.